The first-order valence-electron chi connectivity index (χ1n) is 18.9. The van der Waals surface area contributed by atoms with Crippen molar-refractivity contribution in [1.29, 1.82) is 0 Å². The number of rotatable bonds is 5. The summed E-state index contributed by atoms with van der Waals surface area (Å²) < 4.78 is 51.8. The van der Waals surface area contributed by atoms with E-state index < -0.39 is 11.5 Å². The van der Waals surface area contributed by atoms with Crippen LogP contribution in [0.3, 0.4) is 0 Å². The van der Waals surface area contributed by atoms with Gasteiger partial charge in [-0.05, 0) is 81.2 Å². The molecule has 0 saturated heterocycles. The zero-order valence-corrected chi connectivity index (χ0v) is 26.4. The minimum absolute atomic E-state index is 0.208. The number of fused-ring (bicyclic) bond motifs is 7. The van der Waals surface area contributed by atoms with Gasteiger partial charge in [-0.1, -0.05) is 145 Å². The summed E-state index contributed by atoms with van der Waals surface area (Å²) in [7, 11) is 0. The number of benzene rings is 8. The Morgan fingerprint density at radius 1 is 0.490 bits per heavy atom. The summed E-state index contributed by atoms with van der Waals surface area (Å²) in [4.78, 5) is 2.26. The minimum atomic E-state index is -1.30. The van der Waals surface area contributed by atoms with Crippen LogP contribution < -0.4 is 4.90 Å². The number of hydrogen-bond donors (Lipinski definition) is 0. The molecule has 8 aromatic carbocycles. The molecular weight excluding hydrogens is 595 g/mol. The second-order valence-corrected chi connectivity index (χ2v) is 12.5. The lowest BCUT2D eigenvalue weighted by atomic mass is 9.66. The molecule has 1 aliphatic carbocycles. The predicted octanol–water partition coefficient (Wildman–Crippen LogP) is 12.6. The first-order valence-corrected chi connectivity index (χ1v) is 16.4. The maximum absolute atomic E-state index is 9.50. The maximum Gasteiger partial charge on any atom is 0.135 e. The maximum atomic E-state index is 9.50. The highest BCUT2D eigenvalue weighted by molar-refractivity contribution is 6.09. The molecule has 1 atom stereocenters. The Balaban J connectivity index is 1.35. The quantitative estimate of drug-likeness (QED) is 0.188. The molecule has 0 aliphatic heterocycles. The molecule has 1 heterocycles. The third kappa shape index (κ3) is 4.01. The highest BCUT2D eigenvalue weighted by Crippen LogP contribution is 2.59. The Kier molecular flexibility index (Phi) is 5.09. The Bertz CT molecular complexity index is 2940. The molecule has 1 aliphatic rings. The molecule has 9 aromatic rings. The van der Waals surface area contributed by atoms with Gasteiger partial charge >= 0.3 is 0 Å². The van der Waals surface area contributed by atoms with Crippen LogP contribution in [0.15, 0.2) is 192 Å². The largest absolute Gasteiger partial charge is 0.456 e. The van der Waals surface area contributed by atoms with E-state index in [1.54, 1.807) is 0 Å². The molecule has 0 N–H and O–H groups in total. The third-order valence-electron chi connectivity index (χ3n) is 9.99. The van der Waals surface area contributed by atoms with Gasteiger partial charge in [-0.2, -0.15) is 0 Å². The van der Waals surface area contributed by atoms with E-state index in [0.717, 1.165) is 66.4 Å². The standard InChI is InChI=1S/C47H31NO/c1-3-17-33(18-4-1)47(42-25-14-28-45-46(42)38-23-10-12-27-44(38)49-45)40-24-11-9-22-37(40)39-31-35(29-30-41(39)47)48(34-19-5-2-6-20-34)43-26-13-16-32-15-7-8-21-36(32)43/h1-31H/i1D,3D,4D,17D,18D. The molecule has 0 amide bonds. The van der Waals surface area contributed by atoms with Gasteiger partial charge < -0.3 is 9.32 Å². The van der Waals surface area contributed by atoms with Gasteiger partial charge in [0.25, 0.3) is 0 Å². The summed E-state index contributed by atoms with van der Waals surface area (Å²) >= 11 is 0. The zero-order valence-electron chi connectivity index (χ0n) is 31.4. The fourth-order valence-corrected chi connectivity index (χ4v) is 8.04. The van der Waals surface area contributed by atoms with Gasteiger partial charge in [-0.15, -0.1) is 0 Å². The van der Waals surface area contributed by atoms with Crippen LogP contribution in [0.4, 0.5) is 17.1 Å². The van der Waals surface area contributed by atoms with Crippen molar-refractivity contribution in [3.05, 3.63) is 210 Å². The van der Waals surface area contributed by atoms with Crippen molar-refractivity contribution in [2.24, 2.45) is 0 Å². The third-order valence-corrected chi connectivity index (χ3v) is 9.99. The molecule has 1 unspecified atom stereocenters. The summed E-state index contributed by atoms with van der Waals surface area (Å²) in [6, 6.07) is 51.6. The highest BCUT2D eigenvalue weighted by atomic mass is 16.3. The van der Waals surface area contributed by atoms with E-state index in [-0.39, 0.29) is 29.7 Å². The van der Waals surface area contributed by atoms with Gasteiger partial charge in [0.1, 0.15) is 11.2 Å². The second-order valence-electron chi connectivity index (χ2n) is 12.5. The highest BCUT2D eigenvalue weighted by Gasteiger charge is 2.47. The van der Waals surface area contributed by atoms with E-state index in [4.69, 9.17) is 8.53 Å². The first-order chi connectivity index (χ1) is 26.4. The number of furan rings is 1. The van der Waals surface area contributed by atoms with Crippen LogP contribution in [-0.2, 0) is 5.41 Å². The van der Waals surface area contributed by atoms with Crippen molar-refractivity contribution in [2.45, 2.75) is 5.41 Å². The molecule has 0 radical (unpaired) electrons. The van der Waals surface area contributed by atoms with Crippen LogP contribution in [0.2, 0.25) is 0 Å². The lowest BCUT2D eigenvalue weighted by Gasteiger charge is -2.34. The SMILES string of the molecule is [2H]c1c([2H])c([2H])c(C2(c3cccc4oc5ccccc5c34)c3ccccc3-c3cc(N(c4ccccc4)c4cccc5ccccc45)ccc32)c([2H])c1[2H]. The Labute approximate surface area is 292 Å². The van der Waals surface area contributed by atoms with E-state index in [9.17, 15) is 2.74 Å². The molecular formula is C47H31NO. The number of hydrogen-bond acceptors (Lipinski definition) is 2. The van der Waals surface area contributed by atoms with Crippen molar-refractivity contribution >= 4 is 49.8 Å². The molecule has 0 saturated carbocycles. The fraction of sp³-hybridized carbons (Fsp3) is 0.0213. The van der Waals surface area contributed by atoms with E-state index in [1.807, 2.05) is 84.9 Å². The van der Waals surface area contributed by atoms with E-state index in [1.165, 1.54) is 0 Å². The summed E-state index contributed by atoms with van der Waals surface area (Å²) in [5, 5.41) is 3.97. The number of nitrogens with zero attached hydrogens (tertiary/aromatic N) is 1. The lowest BCUT2D eigenvalue weighted by molar-refractivity contribution is 0.667. The van der Waals surface area contributed by atoms with E-state index in [2.05, 4.69) is 77.7 Å². The van der Waals surface area contributed by atoms with Crippen molar-refractivity contribution in [3.63, 3.8) is 0 Å². The van der Waals surface area contributed by atoms with Gasteiger partial charge in [0, 0.05) is 27.5 Å². The second kappa shape index (κ2) is 10.8. The number of anilines is 3. The van der Waals surface area contributed by atoms with Gasteiger partial charge in [0.15, 0.2) is 0 Å². The fourth-order valence-electron chi connectivity index (χ4n) is 8.04. The summed E-state index contributed by atoms with van der Waals surface area (Å²) in [6.45, 7) is 0. The Hall–Kier alpha value is -6.38. The molecule has 49 heavy (non-hydrogen) atoms. The van der Waals surface area contributed by atoms with Crippen LogP contribution in [0, 0.1) is 0 Å². The topological polar surface area (TPSA) is 16.4 Å². The smallest absolute Gasteiger partial charge is 0.135 e. The average Bonchev–Trinajstić information content (AvgIpc) is 3.74. The van der Waals surface area contributed by atoms with Crippen molar-refractivity contribution < 1.29 is 11.3 Å². The van der Waals surface area contributed by atoms with Crippen LogP contribution in [0.25, 0.3) is 43.8 Å². The molecule has 0 spiro atoms. The molecule has 0 bridgehead atoms. The monoisotopic (exact) mass is 630 g/mol. The molecule has 1 aromatic heterocycles. The summed E-state index contributed by atoms with van der Waals surface area (Å²) in [5.41, 5.74) is 7.52. The van der Waals surface area contributed by atoms with E-state index >= 15 is 0 Å². The lowest BCUT2D eigenvalue weighted by Crippen LogP contribution is -2.28. The predicted molar refractivity (Wildman–Crippen MR) is 203 cm³/mol. The molecule has 230 valence electrons. The van der Waals surface area contributed by atoms with Gasteiger partial charge in [0.05, 0.1) is 18.0 Å². The van der Waals surface area contributed by atoms with Crippen molar-refractivity contribution in [2.75, 3.05) is 4.90 Å². The van der Waals surface area contributed by atoms with Gasteiger partial charge in [0.2, 0.25) is 0 Å². The normalized spacial score (nSPS) is 16.4. The molecule has 10 rings (SSSR count). The van der Waals surface area contributed by atoms with Crippen LogP contribution in [-0.4, -0.2) is 0 Å². The Morgan fingerprint density at radius 2 is 1.16 bits per heavy atom. The average molecular weight is 631 g/mol. The zero-order chi connectivity index (χ0) is 36.7. The molecule has 2 heteroatoms. The summed E-state index contributed by atoms with van der Waals surface area (Å²) in [5.74, 6) is 0. The van der Waals surface area contributed by atoms with Crippen LogP contribution >= 0.6 is 0 Å². The van der Waals surface area contributed by atoms with Gasteiger partial charge in [-0.3, -0.25) is 0 Å². The van der Waals surface area contributed by atoms with Crippen LogP contribution in [0.5, 0.6) is 0 Å². The summed E-state index contributed by atoms with van der Waals surface area (Å²) in [6.07, 6.45) is 0. The first kappa shape index (κ1) is 23.0. The van der Waals surface area contributed by atoms with Crippen molar-refractivity contribution in [1.82, 2.24) is 0 Å². The molecule has 0 fully saturated rings. The van der Waals surface area contributed by atoms with Crippen molar-refractivity contribution in [3.8, 4) is 11.1 Å². The minimum Gasteiger partial charge on any atom is -0.456 e. The van der Waals surface area contributed by atoms with Gasteiger partial charge in [-0.25, -0.2) is 0 Å². The van der Waals surface area contributed by atoms with E-state index in [0.29, 0.717) is 11.2 Å². The molecule has 2 nitrogen and oxygen atoms in total. The van der Waals surface area contributed by atoms with Crippen LogP contribution in [0.1, 0.15) is 29.1 Å². The Morgan fingerprint density at radius 3 is 2.06 bits per heavy atom. The number of para-hydroxylation sites is 2.